The zero-order chi connectivity index (χ0) is 20.6. The zero-order valence-electron chi connectivity index (χ0n) is 15.8. The fourth-order valence-electron chi connectivity index (χ4n) is 2.63. The highest BCUT2D eigenvalue weighted by Gasteiger charge is 2.17. The topological polar surface area (TPSA) is 87.3 Å². The lowest BCUT2D eigenvalue weighted by Gasteiger charge is -2.14. The minimum atomic E-state index is -0.672. The average molecular weight is 407 g/mol. The summed E-state index contributed by atoms with van der Waals surface area (Å²) >= 11 is 1.32. The van der Waals surface area contributed by atoms with Crippen LogP contribution in [0.3, 0.4) is 0 Å². The Hall–Kier alpha value is -3.45. The maximum absolute atomic E-state index is 12.4. The number of carbonyl (C=O) groups excluding carboxylic acids is 3. The lowest BCUT2D eigenvalue weighted by molar-refractivity contribution is -0.122. The van der Waals surface area contributed by atoms with Gasteiger partial charge < -0.3 is 16.0 Å². The van der Waals surface area contributed by atoms with Crippen molar-refractivity contribution in [3.63, 3.8) is 0 Å². The number of benzene rings is 2. The molecule has 0 aliphatic carbocycles. The third-order valence-corrected chi connectivity index (χ3v) is 5.04. The number of amides is 3. The van der Waals surface area contributed by atoms with Gasteiger partial charge in [-0.1, -0.05) is 36.4 Å². The monoisotopic (exact) mass is 407 g/mol. The quantitative estimate of drug-likeness (QED) is 0.561. The molecule has 3 aromatic rings. The molecule has 0 unspecified atom stereocenters. The molecule has 2 aromatic carbocycles. The molecule has 0 saturated heterocycles. The number of nitrogens with one attached hydrogen (secondary N) is 3. The number of rotatable bonds is 7. The molecule has 3 amide bonds. The van der Waals surface area contributed by atoms with Crippen LogP contribution in [0.5, 0.6) is 0 Å². The molecule has 7 heteroatoms. The maximum atomic E-state index is 12.4. The van der Waals surface area contributed by atoms with E-state index in [0.717, 1.165) is 5.56 Å². The molecule has 3 rings (SSSR count). The van der Waals surface area contributed by atoms with Crippen molar-refractivity contribution >= 4 is 34.7 Å². The molecule has 1 atom stereocenters. The Kier molecular flexibility index (Phi) is 6.76. The Balaban J connectivity index is 1.53. The average Bonchev–Trinajstić information content (AvgIpc) is 3.28. The van der Waals surface area contributed by atoms with Crippen LogP contribution in [0.1, 0.15) is 32.5 Å². The van der Waals surface area contributed by atoms with E-state index in [-0.39, 0.29) is 24.3 Å². The molecule has 0 spiro atoms. The molecule has 0 aliphatic heterocycles. The molecule has 0 aliphatic rings. The number of hydrogen-bond acceptors (Lipinski definition) is 4. The lowest BCUT2D eigenvalue weighted by Crippen LogP contribution is -2.44. The van der Waals surface area contributed by atoms with Crippen LogP contribution in [0.15, 0.2) is 72.1 Å². The standard InChI is InChI=1S/C22H21N3O3S/c1-15(24-22(28)19-11-6-12-29-19)20(26)23-14-16-7-5-8-17(13-16)21(27)25-18-9-3-2-4-10-18/h2-13,15H,14H2,1H3,(H,23,26)(H,24,28)(H,25,27)/t15-/m0/s1. The summed E-state index contributed by atoms with van der Waals surface area (Å²) in [5.74, 6) is -0.794. The first-order valence-electron chi connectivity index (χ1n) is 9.10. The van der Waals surface area contributed by atoms with Gasteiger partial charge in [-0.3, -0.25) is 14.4 Å². The second-order valence-corrected chi connectivity index (χ2v) is 7.36. The Bertz CT molecular complexity index is 988. The van der Waals surface area contributed by atoms with Crippen molar-refractivity contribution < 1.29 is 14.4 Å². The van der Waals surface area contributed by atoms with Crippen molar-refractivity contribution in [3.05, 3.63) is 88.1 Å². The number of hydrogen-bond donors (Lipinski definition) is 3. The number of para-hydroxylation sites is 1. The van der Waals surface area contributed by atoms with Crippen molar-refractivity contribution in [3.8, 4) is 0 Å². The highest BCUT2D eigenvalue weighted by atomic mass is 32.1. The summed E-state index contributed by atoms with van der Waals surface area (Å²) in [5, 5.41) is 10.1. The molecule has 1 aromatic heterocycles. The van der Waals surface area contributed by atoms with Gasteiger partial charge in [0, 0.05) is 17.8 Å². The van der Waals surface area contributed by atoms with Gasteiger partial charge in [-0.15, -0.1) is 11.3 Å². The summed E-state index contributed by atoms with van der Waals surface area (Å²) in [5.41, 5.74) is 2.00. The van der Waals surface area contributed by atoms with Crippen LogP contribution in [-0.2, 0) is 11.3 Å². The van der Waals surface area contributed by atoms with Crippen LogP contribution in [0.25, 0.3) is 0 Å². The van der Waals surface area contributed by atoms with Gasteiger partial charge in [0.2, 0.25) is 5.91 Å². The maximum Gasteiger partial charge on any atom is 0.261 e. The summed E-state index contributed by atoms with van der Waals surface area (Å²) in [7, 11) is 0. The molecule has 0 saturated carbocycles. The largest absolute Gasteiger partial charge is 0.350 e. The first kappa shape index (κ1) is 20.3. The molecule has 6 nitrogen and oxygen atoms in total. The molecule has 0 radical (unpaired) electrons. The van der Waals surface area contributed by atoms with E-state index in [1.807, 2.05) is 36.4 Å². The van der Waals surface area contributed by atoms with E-state index >= 15 is 0 Å². The van der Waals surface area contributed by atoms with Gasteiger partial charge in [0.25, 0.3) is 11.8 Å². The Morgan fingerprint density at radius 1 is 0.931 bits per heavy atom. The first-order chi connectivity index (χ1) is 14.0. The summed E-state index contributed by atoms with van der Waals surface area (Å²) in [6.45, 7) is 1.88. The van der Waals surface area contributed by atoms with Gasteiger partial charge in [-0.05, 0) is 48.2 Å². The third kappa shape index (κ3) is 5.76. The number of thiophene rings is 1. The molecular formula is C22H21N3O3S. The van der Waals surface area contributed by atoms with Gasteiger partial charge >= 0.3 is 0 Å². The van der Waals surface area contributed by atoms with E-state index in [9.17, 15) is 14.4 Å². The van der Waals surface area contributed by atoms with E-state index in [0.29, 0.717) is 16.1 Å². The van der Waals surface area contributed by atoms with Gasteiger partial charge in [0.05, 0.1) is 4.88 Å². The summed E-state index contributed by atoms with van der Waals surface area (Å²) in [6, 6.07) is 19.1. The molecule has 0 bridgehead atoms. The Morgan fingerprint density at radius 2 is 1.72 bits per heavy atom. The zero-order valence-corrected chi connectivity index (χ0v) is 16.7. The molecule has 0 fully saturated rings. The van der Waals surface area contributed by atoms with E-state index in [1.54, 1.807) is 42.6 Å². The van der Waals surface area contributed by atoms with Crippen LogP contribution in [0.4, 0.5) is 5.69 Å². The predicted octanol–water partition coefficient (Wildman–Crippen LogP) is 3.44. The molecule has 1 heterocycles. The predicted molar refractivity (Wildman–Crippen MR) is 114 cm³/mol. The third-order valence-electron chi connectivity index (χ3n) is 4.17. The Morgan fingerprint density at radius 3 is 2.45 bits per heavy atom. The molecular weight excluding hydrogens is 386 g/mol. The fraction of sp³-hybridized carbons (Fsp3) is 0.136. The second kappa shape index (κ2) is 9.66. The second-order valence-electron chi connectivity index (χ2n) is 6.41. The normalized spacial score (nSPS) is 11.3. The van der Waals surface area contributed by atoms with Gasteiger partial charge in [0.1, 0.15) is 6.04 Å². The van der Waals surface area contributed by atoms with Crippen molar-refractivity contribution in [2.45, 2.75) is 19.5 Å². The SMILES string of the molecule is C[C@H](NC(=O)c1cccs1)C(=O)NCc1cccc(C(=O)Nc2ccccc2)c1. The van der Waals surface area contributed by atoms with Crippen LogP contribution in [-0.4, -0.2) is 23.8 Å². The summed E-state index contributed by atoms with van der Waals surface area (Å²) < 4.78 is 0. The fourth-order valence-corrected chi connectivity index (χ4v) is 3.26. The smallest absolute Gasteiger partial charge is 0.261 e. The minimum Gasteiger partial charge on any atom is -0.350 e. The van der Waals surface area contributed by atoms with E-state index < -0.39 is 6.04 Å². The molecule has 148 valence electrons. The van der Waals surface area contributed by atoms with Gasteiger partial charge in [0.15, 0.2) is 0 Å². The van der Waals surface area contributed by atoms with Crippen molar-refractivity contribution in [2.24, 2.45) is 0 Å². The highest BCUT2D eigenvalue weighted by Crippen LogP contribution is 2.11. The minimum absolute atomic E-state index is 0.221. The van der Waals surface area contributed by atoms with E-state index in [4.69, 9.17) is 0 Å². The highest BCUT2D eigenvalue weighted by molar-refractivity contribution is 7.12. The Labute approximate surface area is 173 Å². The summed E-state index contributed by atoms with van der Waals surface area (Å²) in [4.78, 5) is 37.3. The first-order valence-corrected chi connectivity index (χ1v) is 9.98. The number of carbonyl (C=O) groups is 3. The molecule has 3 N–H and O–H groups in total. The van der Waals surface area contributed by atoms with E-state index in [1.165, 1.54) is 11.3 Å². The molecule has 29 heavy (non-hydrogen) atoms. The van der Waals surface area contributed by atoms with Gasteiger partial charge in [-0.25, -0.2) is 0 Å². The van der Waals surface area contributed by atoms with Crippen LogP contribution < -0.4 is 16.0 Å². The number of anilines is 1. The van der Waals surface area contributed by atoms with Crippen LogP contribution in [0.2, 0.25) is 0 Å². The van der Waals surface area contributed by atoms with Crippen LogP contribution in [0, 0.1) is 0 Å². The van der Waals surface area contributed by atoms with Crippen molar-refractivity contribution in [1.29, 1.82) is 0 Å². The van der Waals surface area contributed by atoms with Gasteiger partial charge in [-0.2, -0.15) is 0 Å². The van der Waals surface area contributed by atoms with Crippen molar-refractivity contribution in [2.75, 3.05) is 5.32 Å². The van der Waals surface area contributed by atoms with Crippen molar-refractivity contribution in [1.82, 2.24) is 10.6 Å². The summed E-state index contributed by atoms with van der Waals surface area (Å²) in [6.07, 6.45) is 0. The van der Waals surface area contributed by atoms with Crippen LogP contribution >= 0.6 is 11.3 Å². The van der Waals surface area contributed by atoms with E-state index in [2.05, 4.69) is 16.0 Å². The lowest BCUT2D eigenvalue weighted by atomic mass is 10.1.